The molecule has 4 aromatic rings. The fourth-order valence-electron chi connectivity index (χ4n) is 3.80. The number of H-pyrrole nitrogens is 1. The smallest absolute Gasteiger partial charge is 0.323 e. The summed E-state index contributed by atoms with van der Waals surface area (Å²) in [4.78, 5) is 38.6. The first kappa shape index (κ1) is 26.6. The lowest BCUT2D eigenvalue weighted by atomic mass is 10.3. The molecule has 11 heteroatoms. The number of hydrogen-bond acceptors (Lipinski definition) is 6. The van der Waals surface area contributed by atoms with Crippen LogP contribution in [0.3, 0.4) is 0 Å². The Balaban J connectivity index is 1.34. The van der Waals surface area contributed by atoms with Crippen molar-refractivity contribution in [1.82, 2.24) is 25.2 Å². The number of urea groups is 1. The van der Waals surface area contributed by atoms with Crippen LogP contribution in [0.2, 0.25) is 0 Å². The van der Waals surface area contributed by atoms with Crippen LogP contribution >= 0.6 is 0 Å². The number of rotatable bonds is 11. The van der Waals surface area contributed by atoms with E-state index in [1.54, 1.807) is 30.3 Å². The fourth-order valence-corrected chi connectivity index (χ4v) is 3.80. The van der Waals surface area contributed by atoms with Gasteiger partial charge in [-0.3, -0.25) is 4.79 Å². The minimum Gasteiger partial charge on any atom is -0.438 e. The van der Waals surface area contributed by atoms with E-state index in [0.29, 0.717) is 46.3 Å². The van der Waals surface area contributed by atoms with E-state index in [1.165, 1.54) is 30.6 Å². The highest BCUT2D eigenvalue weighted by Gasteiger charge is 2.15. The summed E-state index contributed by atoms with van der Waals surface area (Å²) in [5, 5.41) is 8.83. The Morgan fingerprint density at radius 2 is 1.63 bits per heavy atom. The van der Waals surface area contributed by atoms with Crippen molar-refractivity contribution >= 4 is 34.3 Å². The van der Waals surface area contributed by atoms with Crippen LogP contribution in [-0.2, 0) is 0 Å². The molecule has 2 aromatic heterocycles. The number of benzene rings is 2. The molecule has 4 N–H and O–H groups in total. The average molecular weight is 520 g/mol. The Hall–Kier alpha value is -4.51. The number of anilines is 2. The number of aromatic nitrogens is 3. The molecule has 3 amide bonds. The van der Waals surface area contributed by atoms with Crippen LogP contribution in [0.15, 0.2) is 60.9 Å². The molecule has 0 saturated heterocycles. The minimum atomic E-state index is -0.464. The van der Waals surface area contributed by atoms with Crippen LogP contribution in [0.25, 0.3) is 11.0 Å². The zero-order valence-electron chi connectivity index (χ0n) is 21.3. The molecule has 0 aliphatic rings. The van der Waals surface area contributed by atoms with Gasteiger partial charge in [-0.15, -0.1) is 0 Å². The zero-order valence-corrected chi connectivity index (χ0v) is 21.3. The summed E-state index contributed by atoms with van der Waals surface area (Å²) in [5.74, 6) is 0.176. The molecule has 38 heavy (non-hydrogen) atoms. The van der Waals surface area contributed by atoms with Crippen molar-refractivity contribution in [2.24, 2.45) is 0 Å². The van der Waals surface area contributed by atoms with Crippen molar-refractivity contribution in [3.63, 3.8) is 0 Å². The summed E-state index contributed by atoms with van der Waals surface area (Å²) < 4.78 is 18.9. The highest BCUT2D eigenvalue weighted by molar-refractivity contribution is 6.00. The van der Waals surface area contributed by atoms with Crippen molar-refractivity contribution in [3.05, 3.63) is 72.4 Å². The predicted octanol–water partition coefficient (Wildman–Crippen LogP) is 5.00. The third kappa shape index (κ3) is 7.04. The molecule has 0 aliphatic heterocycles. The Kier molecular flexibility index (Phi) is 8.83. The number of halogens is 1. The lowest BCUT2D eigenvalue weighted by Gasteiger charge is -2.17. The fraction of sp³-hybridized carbons (Fsp3) is 0.259. The van der Waals surface area contributed by atoms with Crippen LogP contribution in [0, 0.1) is 5.82 Å². The molecule has 0 saturated carbocycles. The molecule has 0 fully saturated rings. The van der Waals surface area contributed by atoms with Gasteiger partial charge in [-0.1, -0.05) is 13.8 Å². The molecule has 0 radical (unpaired) electrons. The van der Waals surface area contributed by atoms with Crippen LogP contribution < -0.4 is 20.7 Å². The lowest BCUT2D eigenvalue weighted by Crippen LogP contribution is -2.30. The molecule has 0 aliphatic carbocycles. The summed E-state index contributed by atoms with van der Waals surface area (Å²) in [6.45, 7) is 7.71. The van der Waals surface area contributed by atoms with Gasteiger partial charge in [-0.05, 0) is 80.7 Å². The monoisotopic (exact) mass is 519 g/mol. The molecule has 4 rings (SSSR count). The second kappa shape index (κ2) is 12.6. The summed E-state index contributed by atoms with van der Waals surface area (Å²) in [6.07, 6.45) is 2.22. The van der Waals surface area contributed by atoms with Crippen LogP contribution in [0.4, 0.5) is 20.6 Å². The molecule has 2 aromatic carbocycles. The Labute approximate surface area is 219 Å². The second-order valence-corrected chi connectivity index (χ2v) is 8.47. The normalized spacial score (nSPS) is 10.9. The van der Waals surface area contributed by atoms with Gasteiger partial charge >= 0.3 is 6.03 Å². The van der Waals surface area contributed by atoms with Crippen molar-refractivity contribution in [2.75, 3.05) is 36.8 Å². The van der Waals surface area contributed by atoms with Gasteiger partial charge in [0.15, 0.2) is 0 Å². The molecule has 10 nitrogen and oxygen atoms in total. The van der Waals surface area contributed by atoms with Crippen molar-refractivity contribution in [3.8, 4) is 11.6 Å². The Morgan fingerprint density at radius 1 is 0.974 bits per heavy atom. The van der Waals surface area contributed by atoms with Gasteiger partial charge in [0, 0.05) is 17.9 Å². The minimum absolute atomic E-state index is 0.220. The number of ether oxygens (including phenoxy) is 1. The SMILES string of the molecule is CCN(CC)CCCNC(=O)c1cc2c(Oc3ccc(NC(=O)Nc4ccc(F)cc4)cc3)ncnc2[nH]1. The number of fused-ring (bicyclic) bond motifs is 1. The molecule has 0 atom stereocenters. The largest absolute Gasteiger partial charge is 0.438 e. The molecule has 0 spiro atoms. The standard InChI is InChI=1S/C27H30FN7O3/c1-3-35(4-2)15-5-14-29-25(36)23-16-22-24(34-23)30-17-31-26(22)38-21-12-10-20(11-13-21)33-27(37)32-19-8-6-18(28)7-9-19/h6-13,16-17H,3-5,14-15H2,1-2H3,(H,29,36)(H,30,31,34)(H2,32,33,37). The first-order valence-electron chi connectivity index (χ1n) is 12.4. The number of nitrogens with zero attached hydrogens (tertiary/aromatic N) is 3. The van der Waals surface area contributed by atoms with Gasteiger partial charge in [0.2, 0.25) is 5.88 Å². The molecule has 198 valence electrons. The highest BCUT2D eigenvalue weighted by atomic mass is 19.1. The summed E-state index contributed by atoms with van der Waals surface area (Å²) >= 11 is 0. The molecule has 0 bridgehead atoms. The van der Waals surface area contributed by atoms with Gasteiger partial charge in [-0.2, -0.15) is 0 Å². The maximum Gasteiger partial charge on any atom is 0.323 e. The number of carbonyl (C=O) groups excluding carboxylic acids is 2. The highest BCUT2D eigenvalue weighted by Crippen LogP contribution is 2.28. The summed E-state index contributed by atoms with van der Waals surface area (Å²) in [7, 11) is 0. The van der Waals surface area contributed by atoms with E-state index in [0.717, 1.165) is 26.1 Å². The van der Waals surface area contributed by atoms with Crippen molar-refractivity contribution in [1.29, 1.82) is 0 Å². The van der Waals surface area contributed by atoms with Crippen LogP contribution in [0.5, 0.6) is 11.6 Å². The predicted molar refractivity (Wildman–Crippen MR) is 144 cm³/mol. The van der Waals surface area contributed by atoms with E-state index in [1.807, 2.05) is 0 Å². The Bertz CT molecular complexity index is 1370. The quantitative estimate of drug-likeness (QED) is 0.207. The number of aromatic amines is 1. The summed E-state index contributed by atoms with van der Waals surface area (Å²) in [5.41, 5.74) is 1.86. The molecular formula is C27H30FN7O3. The van der Waals surface area contributed by atoms with Gasteiger partial charge in [-0.25, -0.2) is 19.2 Å². The third-order valence-electron chi connectivity index (χ3n) is 5.89. The molecule has 0 unspecified atom stereocenters. The first-order chi connectivity index (χ1) is 18.4. The van der Waals surface area contributed by atoms with E-state index in [-0.39, 0.29) is 11.7 Å². The van der Waals surface area contributed by atoms with Crippen LogP contribution in [0.1, 0.15) is 30.8 Å². The van der Waals surface area contributed by atoms with E-state index in [2.05, 4.69) is 49.6 Å². The van der Waals surface area contributed by atoms with Gasteiger partial charge in [0.05, 0.1) is 5.39 Å². The number of nitrogens with one attached hydrogen (secondary N) is 4. The maximum atomic E-state index is 13.0. The van der Waals surface area contributed by atoms with E-state index >= 15 is 0 Å². The topological polar surface area (TPSA) is 124 Å². The van der Waals surface area contributed by atoms with Crippen LogP contribution in [-0.4, -0.2) is 58.0 Å². The third-order valence-corrected chi connectivity index (χ3v) is 5.89. The van der Waals surface area contributed by atoms with Crippen molar-refractivity contribution in [2.45, 2.75) is 20.3 Å². The van der Waals surface area contributed by atoms with E-state index in [9.17, 15) is 14.0 Å². The average Bonchev–Trinajstić information content (AvgIpc) is 3.37. The second-order valence-electron chi connectivity index (χ2n) is 8.47. The molecule has 2 heterocycles. The van der Waals surface area contributed by atoms with E-state index < -0.39 is 6.03 Å². The Morgan fingerprint density at radius 3 is 2.29 bits per heavy atom. The summed E-state index contributed by atoms with van der Waals surface area (Å²) in [6, 6.07) is 13.4. The maximum absolute atomic E-state index is 13.0. The van der Waals surface area contributed by atoms with Gasteiger partial charge < -0.3 is 30.6 Å². The number of hydrogen-bond donors (Lipinski definition) is 4. The van der Waals surface area contributed by atoms with E-state index in [4.69, 9.17) is 4.74 Å². The zero-order chi connectivity index (χ0) is 26.9. The van der Waals surface area contributed by atoms with Gasteiger partial charge in [0.1, 0.15) is 29.2 Å². The number of carbonyl (C=O) groups is 2. The van der Waals surface area contributed by atoms with Crippen molar-refractivity contribution < 1.29 is 18.7 Å². The lowest BCUT2D eigenvalue weighted by molar-refractivity contribution is 0.0947. The first-order valence-corrected chi connectivity index (χ1v) is 12.4. The molecular weight excluding hydrogens is 489 g/mol. The van der Waals surface area contributed by atoms with Gasteiger partial charge in [0.25, 0.3) is 5.91 Å². The number of amides is 3.